The van der Waals surface area contributed by atoms with Crippen LogP contribution in [0.1, 0.15) is 73.3 Å². The lowest BCUT2D eigenvalue weighted by Crippen LogP contribution is -2.47. The number of nitrogens with one attached hydrogen (secondary N) is 1. The molecule has 0 spiro atoms. The lowest BCUT2D eigenvalue weighted by molar-refractivity contribution is -0.146. The number of cyclic esters (lactones) is 1. The van der Waals surface area contributed by atoms with Gasteiger partial charge in [0.1, 0.15) is 11.7 Å². The Balaban J connectivity index is 2.23. The van der Waals surface area contributed by atoms with Crippen LogP contribution in [0.2, 0.25) is 0 Å². The van der Waals surface area contributed by atoms with Gasteiger partial charge in [0.05, 0.1) is 25.7 Å². The highest BCUT2D eigenvalue weighted by atomic mass is 16.6. The number of alkyl carbamates (subject to hydrolysis) is 1. The highest BCUT2D eigenvalue weighted by molar-refractivity contribution is 5.75. The first kappa shape index (κ1) is 31.7. The van der Waals surface area contributed by atoms with Crippen LogP contribution in [-0.4, -0.2) is 57.2 Å². The zero-order chi connectivity index (χ0) is 28.5. The van der Waals surface area contributed by atoms with Crippen LogP contribution < -0.4 is 14.8 Å². The zero-order valence-electron chi connectivity index (χ0n) is 24.8. The number of carbonyl (C=O) groups excluding carboxylic acids is 2. The Morgan fingerprint density at radius 1 is 1.11 bits per heavy atom. The standard InChI is InChI=1S/C30H49NO7/c1-19(2)22(15-21-11-12-25(35-9)27(16-21)36-14-10-13-34-8)17-24(31-29(33)38-30(5,6)7)26-18-23(20(3)4)28(32)37-26/h11-12,16,19-20,22-24,26H,10,13-15,17-18H2,1-9H3,(H,31,33)/t22?,23?,24-,26-/m0/s1. The number of amides is 1. The van der Waals surface area contributed by atoms with E-state index in [-0.39, 0.29) is 35.9 Å². The molecule has 1 aliphatic heterocycles. The topological polar surface area (TPSA) is 92.3 Å². The van der Waals surface area contributed by atoms with Crippen molar-refractivity contribution >= 4 is 12.1 Å². The minimum atomic E-state index is -0.623. The third-order valence-electron chi connectivity index (χ3n) is 6.99. The van der Waals surface area contributed by atoms with E-state index in [0.29, 0.717) is 43.5 Å². The summed E-state index contributed by atoms with van der Waals surface area (Å²) in [6.45, 7) is 15.1. The maximum absolute atomic E-state index is 12.8. The molecule has 1 saturated heterocycles. The minimum Gasteiger partial charge on any atom is -0.493 e. The molecule has 1 heterocycles. The molecule has 2 unspecified atom stereocenters. The summed E-state index contributed by atoms with van der Waals surface area (Å²) in [4.78, 5) is 25.4. The van der Waals surface area contributed by atoms with Crippen molar-refractivity contribution in [3.8, 4) is 11.5 Å². The van der Waals surface area contributed by atoms with Gasteiger partial charge in [-0.1, -0.05) is 33.8 Å². The van der Waals surface area contributed by atoms with Crippen LogP contribution in [0.15, 0.2) is 18.2 Å². The first-order valence-corrected chi connectivity index (χ1v) is 13.8. The molecule has 1 aromatic rings. The lowest BCUT2D eigenvalue weighted by atomic mass is 9.81. The molecule has 1 aromatic carbocycles. The van der Waals surface area contributed by atoms with E-state index in [1.165, 1.54) is 0 Å². The van der Waals surface area contributed by atoms with E-state index in [1.54, 1.807) is 14.2 Å². The van der Waals surface area contributed by atoms with Gasteiger partial charge in [0, 0.05) is 20.1 Å². The van der Waals surface area contributed by atoms with Crippen LogP contribution in [0.4, 0.5) is 4.79 Å². The van der Waals surface area contributed by atoms with Crippen molar-refractivity contribution in [2.75, 3.05) is 27.4 Å². The Morgan fingerprint density at radius 2 is 1.82 bits per heavy atom. The normalized spacial score (nSPS) is 19.3. The van der Waals surface area contributed by atoms with Crippen molar-refractivity contribution in [1.29, 1.82) is 0 Å². The van der Waals surface area contributed by atoms with Crippen molar-refractivity contribution in [3.63, 3.8) is 0 Å². The molecule has 1 amide bonds. The number of carbonyl (C=O) groups is 2. The van der Waals surface area contributed by atoms with Gasteiger partial charge in [-0.2, -0.15) is 0 Å². The third kappa shape index (κ3) is 10.0. The number of esters is 1. The van der Waals surface area contributed by atoms with E-state index in [2.05, 4.69) is 25.2 Å². The van der Waals surface area contributed by atoms with Gasteiger partial charge >= 0.3 is 12.1 Å². The Morgan fingerprint density at radius 3 is 2.37 bits per heavy atom. The summed E-state index contributed by atoms with van der Waals surface area (Å²) in [5.41, 5.74) is 0.493. The number of hydrogen-bond donors (Lipinski definition) is 1. The second-order valence-electron chi connectivity index (χ2n) is 11.9. The second kappa shape index (κ2) is 14.6. The van der Waals surface area contributed by atoms with E-state index in [4.69, 9.17) is 23.7 Å². The first-order valence-electron chi connectivity index (χ1n) is 13.8. The Bertz CT molecular complexity index is 893. The smallest absolute Gasteiger partial charge is 0.408 e. The van der Waals surface area contributed by atoms with Crippen molar-refractivity contribution in [1.82, 2.24) is 5.32 Å². The molecule has 0 saturated carbocycles. The SMILES string of the molecule is COCCCOc1cc(CC(C[C@H](NC(=O)OC(C)(C)C)[C@@H]2CC(C(C)C)C(=O)O2)C(C)C)ccc1OC. The Kier molecular flexibility index (Phi) is 12.2. The van der Waals surface area contributed by atoms with Crippen molar-refractivity contribution in [2.24, 2.45) is 23.7 Å². The summed E-state index contributed by atoms with van der Waals surface area (Å²) in [7, 11) is 3.31. The first-order chi connectivity index (χ1) is 17.8. The lowest BCUT2D eigenvalue weighted by Gasteiger charge is -2.31. The molecule has 38 heavy (non-hydrogen) atoms. The quantitative estimate of drug-likeness (QED) is 0.238. The van der Waals surface area contributed by atoms with Gasteiger partial charge in [-0.25, -0.2) is 4.79 Å². The molecule has 0 aromatic heterocycles. The highest BCUT2D eigenvalue weighted by Gasteiger charge is 2.42. The van der Waals surface area contributed by atoms with E-state index in [1.807, 2.05) is 46.8 Å². The number of rotatable bonds is 14. The summed E-state index contributed by atoms with van der Waals surface area (Å²) >= 11 is 0. The maximum Gasteiger partial charge on any atom is 0.408 e. The van der Waals surface area contributed by atoms with Crippen LogP contribution in [-0.2, 0) is 25.4 Å². The molecule has 1 fully saturated rings. The van der Waals surface area contributed by atoms with E-state index in [9.17, 15) is 9.59 Å². The molecule has 0 bridgehead atoms. The average molecular weight is 536 g/mol. The molecule has 216 valence electrons. The van der Waals surface area contributed by atoms with Gasteiger partial charge in [0.25, 0.3) is 0 Å². The Hall–Kier alpha value is -2.48. The second-order valence-corrected chi connectivity index (χ2v) is 11.9. The predicted octanol–water partition coefficient (Wildman–Crippen LogP) is 5.80. The van der Waals surface area contributed by atoms with Crippen LogP contribution in [0, 0.1) is 23.7 Å². The van der Waals surface area contributed by atoms with E-state index < -0.39 is 11.7 Å². The molecule has 4 atom stereocenters. The molecule has 0 aliphatic carbocycles. The molecule has 8 nitrogen and oxygen atoms in total. The van der Waals surface area contributed by atoms with Crippen molar-refractivity contribution in [2.45, 2.75) is 91.9 Å². The molecular weight excluding hydrogens is 486 g/mol. The van der Waals surface area contributed by atoms with Crippen LogP contribution in [0.25, 0.3) is 0 Å². The minimum absolute atomic E-state index is 0.167. The van der Waals surface area contributed by atoms with Gasteiger partial charge in [-0.15, -0.1) is 0 Å². The number of hydrogen-bond acceptors (Lipinski definition) is 7. The van der Waals surface area contributed by atoms with Crippen LogP contribution in [0.3, 0.4) is 0 Å². The maximum atomic E-state index is 12.8. The van der Waals surface area contributed by atoms with Gasteiger partial charge in [-0.3, -0.25) is 4.79 Å². The molecule has 8 heteroatoms. The molecular formula is C30H49NO7. The highest BCUT2D eigenvalue weighted by Crippen LogP contribution is 2.34. The average Bonchev–Trinajstić information content (AvgIpc) is 3.21. The monoisotopic (exact) mass is 535 g/mol. The van der Waals surface area contributed by atoms with Gasteiger partial charge < -0.3 is 29.0 Å². The molecule has 0 radical (unpaired) electrons. The van der Waals surface area contributed by atoms with Gasteiger partial charge in [0.2, 0.25) is 0 Å². The van der Waals surface area contributed by atoms with Gasteiger partial charge in [0.15, 0.2) is 11.5 Å². The summed E-state index contributed by atoms with van der Waals surface area (Å²) in [5, 5.41) is 3.04. The fourth-order valence-corrected chi connectivity index (χ4v) is 4.75. The van der Waals surface area contributed by atoms with Crippen LogP contribution >= 0.6 is 0 Å². The fourth-order valence-electron chi connectivity index (χ4n) is 4.75. The molecule has 2 rings (SSSR count). The molecule has 1 aliphatic rings. The number of benzene rings is 1. The largest absolute Gasteiger partial charge is 0.493 e. The third-order valence-corrected chi connectivity index (χ3v) is 6.99. The molecule has 1 N–H and O–H groups in total. The summed E-state index contributed by atoms with van der Waals surface area (Å²) < 4.78 is 28.0. The number of methoxy groups -OCH3 is 2. The summed E-state index contributed by atoms with van der Waals surface area (Å²) in [5.74, 6) is 1.75. The van der Waals surface area contributed by atoms with Crippen molar-refractivity contribution in [3.05, 3.63) is 23.8 Å². The Labute approximate surface area is 229 Å². The van der Waals surface area contributed by atoms with Gasteiger partial charge in [-0.05, 0) is 75.5 Å². The summed E-state index contributed by atoms with van der Waals surface area (Å²) in [6.07, 6.45) is 1.91. The van der Waals surface area contributed by atoms with Crippen molar-refractivity contribution < 1.29 is 33.3 Å². The predicted molar refractivity (Wildman–Crippen MR) is 148 cm³/mol. The summed E-state index contributed by atoms with van der Waals surface area (Å²) in [6, 6.07) is 5.66. The fraction of sp³-hybridized carbons (Fsp3) is 0.733. The number of ether oxygens (including phenoxy) is 5. The van der Waals surface area contributed by atoms with Crippen LogP contribution in [0.5, 0.6) is 11.5 Å². The van der Waals surface area contributed by atoms with E-state index in [0.717, 1.165) is 18.4 Å². The van der Waals surface area contributed by atoms with E-state index >= 15 is 0 Å². The zero-order valence-corrected chi connectivity index (χ0v) is 24.8.